The van der Waals surface area contributed by atoms with Gasteiger partial charge < -0.3 is 14.8 Å². The highest BCUT2D eigenvalue weighted by atomic mass is 32.2. The average molecular weight is 900 g/mol. The van der Waals surface area contributed by atoms with Crippen LogP contribution in [0, 0.1) is 0 Å². The molecule has 66 heavy (non-hydrogen) atoms. The molecule has 12 heteroatoms. The van der Waals surface area contributed by atoms with Crippen LogP contribution in [0.5, 0.6) is 0 Å². The Hall–Kier alpha value is -6.63. The van der Waals surface area contributed by atoms with E-state index in [1.165, 1.54) is 50.4 Å². The van der Waals surface area contributed by atoms with E-state index in [-0.39, 0.29) is 22.5 Å². The number of anilines is 1. The van der Waals surface area contributed by atoms with Gasteiger partial charge in [-0.1, -0.05) is 123 Å². The van der Waals surface area contributed by atoms with Gasteiger partial charge in [-0.3, -0.25) is 4.79 Å². The molecule has 0 unspecified atom stereocenters. The van der Waals surface area contributed by atoms with Gasteiger partial charge in [-0.15, -0.1) is 20.4 Å². The zero-order valence-corrected chi connectivity index (χ0v) is 39.0. The zero-order chi connectivity index (χ0) is 46.3. The molecular formula is C54H57N7O4S. The molecule has 0 atom stereocenters. The van der Waals surface area contributed by atoms with Crippen LogP contribution in [0.2, 0.25) is 0 Å². The normalized spacial score (nSPS) is 16.1. The van der Waals surface area contributed by atoms with Crippen molar-refractivity contribution in [2.75, 3.05) is 23.7 Å². The standard InChI is InChI=1S/C54H57N7O4S/c1-53(2)47(23-9-6-5-7-10-24-48-54(3,4)51-44-22-15-13-20-41(44)31-33-46(51)61(48)35-17-18-36-66(63,64)65)60(45-32-30-40-19-12-14-21-43(40)50(45)53)34-16-8-11-25-49(62)55-37-39-26-28-42(29-27-39)52-58-56-38-57-59-52/h5-7,9-10,12-15,19-24,26-33,38H,8,11,16-18,25,34-37H2,1-4H3,(H-,55,62,63,64,65). The number of nitrogens with one attached hydrogen (secondary N) is 1. The van der Waals surface area contributed by atoms with E-state index < -0.39 is 10.1 Å². The molecule has 8 rings (SSSR count). The number of allylic oxidation sites excluding steroid dienone is 8. The van der Waals surface area contributed by atoms with E-state index in [4.69, 9.17) is 0 Å². The molecule has 11 nitrogen and oxygen atoms in total. The maximum absolute atomic E-state index is 12.8. The minimum Gasteiger partial charge on any atom is -0.748 e. The quantitative estimate of drug-likeness (QED) is 0.0386. The highest BCUT2D eigenvalue weighted by Gasteiger charge is 2.45. The third-order valence-electron chi connectivity index (χ3n) is 12.9. The Morgan fingerprint density at radius 1 is 0.727 bits per heavy atom. The molecule has 5 aromatic carbocycles. The van der Waals surface area contributed by atoms with Crippen LogP contribution in [0.3, 0.4) is 0 Å². The number of carbonyl (C=O) groups excluding carboxylic acids is 1. The summed E-state index contributed by atoms with van der Waals surface area (Å²) >= 11 is 0. The topological polar surface area (TPSA) is 144 Å². The van der Waals surface area contributed by atoms with Crippen LogP contribution in [0.1, 0.15) is 82.9 Å². The highest BCUT2D eigenvalue weighted by Crippen LogP contribution is 2.51. The van der Waals surface area contributed by atoms with Crippen LogP contribution in [-0.2, 0) is 32.3 Å². The molecule has 0 saturated carbocycles. The number of nitrogens with zero attached hydrogens (tertiary/aromatic N) is 6. The summed E-state index contributed by atoms with van der Waals surface area (Å²) in [7, 11) is -4.26. The Morgan fingerprint density at radius 2 is 1.39 bits per heavy atom. The molecule has 0 aliphatic carbocycles. The molecule has 1 aromatic heterocycles. The Morgan fingerprint density at radius 3 is 2.12 bits per heavy atom. The van der Waals surface area contributed by atoms with Crippen LogP contribution < -0.4 is 10.2 Å². The number of benzene rings is 5. The number of unbranched alkanes of at least 4 members (excludes halogenated alkanes) is 3. The fourth-order valence-electron chi connectivity index (χ4n) is 9.70. The van der Waals surface area contributed by atoms with Crippen molar-refractivity contribution in [3.63, 3.8) is 0 Å². The van der Waals surface area contributed by atoms with Crippen molar-refractivity contribution in [1.82, 2.24) is 25.7 Å². The van der Waals surface area contributed by atoms with Crippen molar-refractivity contribution in [2.24, 2.45) is 0 Å². The van der Waals surface area contributed by atoms with E-state index in [0.717, 1.165) is 48.3 Å². The first-order chi connectivity index (χ1) is 31.8. The second-order valence-electron chi connectivity index (χ2n) is 18.1. The summed E-state index contributed by atoms with van der Waals surface area (Å²) in [4.78, 5) is 15.1. The van der Waals surface area contributed by atoms with Gasteiger partial charge in [0, 0.05) is 71.8 Å². The second kappa shape index (κ2) is 19.9. The molecule has 0 bridgehead atoms. The Kier molecular flexibility index (Phi) is 13.8. The van der Waals surface area contributed by atoms with E-state index in [1.807, 2.05) is 36.4 Å². The van der Waals surface area contributed by atoms with Gasteiger partial charge in [-0.05, 0) is 90.4 Å². The van der Waals surface area contributed by atoms with Gasteiger partial charge in [0.2, 0.25) is 17.4 Å². The number of hydrogen-bond donors (Lipinski definition) is 1. The monoisotopic (exact) mass is 899 g/mol. The van der Waals surface area contributed by atoms with Crippen molar-refractivity contribution in [2.45, 2.75) is 83.6 Å². The molecule has 338 valence electrons. The lowest BCUT2D eigenvalue weighted by atomic mass is 9.79. The lowest BCUT2D eigenvalue weighted by Gasteiger charge is -2.27. The predicted octanol–water partition coefficient (Wildman–Crippen LogP) is 10.2. The Labute approximate surface area is 388 Å². The van der Waals surface area contributed by atoms with Crippen molar-refractivity contribution in [1.29, 1.82) is 0 Å². The van der Waals surface area contributed by atoms with Crippen molar-refractivity contribution in [3.05, 3.63) is 168 Å². The summed E-state index contributed by atoms with van der Waals surface area (Å²) in [5.41, 5.74) is 8.56. The summed E-state index contributed by atoms with van der Waals surface area (Å²) < 4.78 is 36.5. The second-order valence-corrected chi connectivity index (χ2v) is 19.6. The number of aromatic nitrogens is 4. The maximum Gasteiger partial charge on any atom is 0.220 e. The maximum atomic E-state index is 12.8. The van der Waals surface area contributed by atoms with Gasteiger partial charge in [0.1, 0.15) is 6.54 Å². The van der Waals surface area contributed by atoms with Crippen molar-refractivity contribution >= 4 is 54.7 Å². The van der Waals surface area contributed by atoms with Gasteiger partial charge in [-0.25, -0.2) is 8.42 Å². The molecule has 0 spiro atoms. The third-order valence-corrected chi connectivity index (χ3v) is 13.7. The van der Waals surface area contributed by atoms with E-state index in [9.17, 15) is 17.8 Å². The van der Waals surface area contributed by atoms with Crippen molar-refractivity contribution < 1.29 is 22.3 Å². The first-order valence-electron chi connectivity index (χ1n) is 22.8. The van der Waals surface area contributed by atoms with Gasteiger partial charge >= 0.3 is 0 Å². The SMILES string of the molecule is CC1(C)C(/C=C/C=C/C=C/C=C2\N(CCCCS(=O)(=O)[O-])c3ccc4ccccc4c3C2(C)C)=[N+](CCCCCC(=O)NCc2ccc(-c3nncnn3)cc2)c2ccc3ccccc3c21. The molecule has 0 saturated heterocycles. The predicted molar refractivity (Wildman–Crippen MR) is 264 cm³/mol. The number of hydrogen-bond acceptors (Lipinski definition) is 9. The fourth-order valence-corrected chi connectivity index (χ4v) is 10.3. The van der Waals surface area contributed by atoms with Gasteiger partial charge in [0.15, 0.2) is 12.0 Å². The highest BCUT2D eigenvalue weighted by molar-refractivity contribution is 7.85. The molecule has 2 aliphatic rings. The molecule has 1 N–H and O–H groups in total. The van der Waals surface area contributed by atoms with E-state index in [1.54, 1.807) is 0 Å². The summed E-state index contributed by atoms with van der Waals surface area (Å²) in [6.07, 6.45) is 20.1. The largest absolute Gasteiger partial charge is 0.748 e. The minimum absolute atomic E-state index is 0.0416. The van der Waals surface area contributed by atoms with E-state index >= 15 is 0 Å². The van der Waals surface area contributed by atoms with Crippen LogP contribution in [0.4, 0.5) is 11.4 Å². The summed E-state index contributed by atoms with van der Waals surface area (Å²) in [6, 6.07) is 33.5. The molecule has 0 radical (unpaired) electrons. The lowest BCUT2D eigenvalue weighted by Crippen LogP contribution is -2.28. The zero-order valence-electron chi connectivity index (χ0n) is 38.2. The molecule has 1 amide bonds. The first kappa shape index (κ1) is 45.9. The van der Waals surface area contributed by atoms with E-state index in [2.05, 4.69) is 166 Å². The van der Waals surface area contributed by atoms with Gasteiger partial charge in [0.25, 0.3) is 0 Å². The van der Waals surface area contributed by atoms with Crippen LogP contribution in [-0.4, -0.2) is 68.4 Å². The minimum atomic E-state index is -4.26. The number of fused-ring (bicyclic) bond motifs is 6. The van der Waals surface area contributed by atoms with Gasteiger partial charge in [-0.2, -0.15) is 4.58 Å². The molecule has 6 aromatic rings. The lowest BCUT2D eigenvalue weighted by molar-refractivity contribution is -0.438. The van der Waals surface area contributed by atoms with Gasteiger partial charge in [0.05, 0.1) is 15.5 Å². The first-order valence-corrected chi connectivity index (χ1v) is 24.4. The molecule has 2 aliphatic heterocycles. The number of rotatable bonds is 18. The summed E-state index contributed by atoms with van der Waals surface area (Å²) in [5.74, 6) is 0.147. The Bertz CT molecular complexity index is 3010. The number of amides is 1. The fraction of sp³-hybridized carbons (Fsp3) is 0.296. The molecule has 0 fully saturated rings. The van der Waals surface area contributed by atoms with Crippen LogP contribution in [0.15, 0.2) is 152 Å². The summed E-state index contributed by atoms with van der Waals surface area (Å²) in [5, 5.41) is 23.5. The third kappa shape index (κ3) is 10.1. The van der Waals surface area contributed by atoms with Crippen LogP contribution in [0.25, 0.3) is 32.9 Å². The average Bonchev–Trinajstić information content (AvgIpc) is 3.67. The van der Waals surface area contributed by atoms with Crippen molar-refractivity contribution in [3.8, 4) is 11.4 Å². The van der Waals surface area contributed by atoms with E-state index in [0.29, 0.717) is 38.2 Å². The molecular weight excluding hydrogens is 843 g/mol. The van der Waals surface area contributed by atoms with Crippen LogP contribution >= 0.6 is 0 Å². The number of carbonyl (C=O) groups is 1. The molecule has 3 heterocycles. The Balaban J connectivity index is 0.935. The summed E-state index contributed by atoms with van der Waals surface area (Å²) in [6.45, 7) is 11.0. The smallest absolute Gasteiger partial charge is 0.220 e.